The van der Waals surface area contributed by atoms with E-state index in [1.54, 1.807) is 0 Å². The molecule has 3 heterocycles. The summed E-state index contributed by atoms with van der Waals surface area (Å²) >= 11 is 0. The monoisotopic (exact) mass is 259 g/mol. The van der Waals surface area contributed by atoms with Crippen LogP contribution in [0.4, 0.5) is 0 Å². The number of rotatable bonds is 5. The Morgan fingerprint density at radius 1 is 1.21 bits per heavy atom. The molecule has 3 rings (SSSR count). The number of terminal acetylenes is 1. The van der Waals surface area contributed by atoms with Crippen molar-refractivity contribution in [3.63, 3.8) is 0 Å². The van der Waals surface area contributed by atoms with E-state index in [1.165, 1.54) is 32.1 Å². The first kappa shape index (κ1) is 12.7. The van der Waals surface area contributed by atoms with Gasteiger partial charge in [0.05, 0.1) is 0 Å². The van der Waals surface area contributed by atoms with E-state index in [4.69, 9.17) is 6.42 Å². The minimum absolute atomic E-state index is 0.309. The van der Waals surface area contributed by atoms with Crippen LogP contribution in [0.15, 0.2) is 10.2 Å². The number of carbonyl (C=O) groups excluding carboxylic acids is 1. The van der Waals surface area contributed by atoms with Crippen LogP contribution in [-0.2, 0) is 4.79 Å². The average Bonchev–Trinajstić information content (AvgIpc) is 3.15. The standard InChI is InChI=1S/C15H21N3O/c1-2-3-10-15(16-17-15)11-9-14(19)18-12-5-4-6-13(18)8-7-12/h1,12-13H,3-11H2. The zero-order valence-corrected chi connectivity index (χ0v) is 11.3. The van der Waals surface area contributed by atoms with E-state index in [-0.39, 0.29) is 5.66 Å². The van der Waals surface area contributed by atoms with Gasteiger partial charge in [0.25, 0.3) is 0 Å². The molecule has 19 heavy (non-hydrogen) atoms. The van der Waals surface area contributed by atoms with Gasteiger partial charge >= 0.3 is 0 Å². The third kappa shape index (κ3) is 2.51. The summed E-state index contributed by atoms with van der Waals surface area (Å²) in [5, 5.41) is 8.20. The molecule has 2 atom stereocenters. The maximum atomic E-state index is 12.4. The summed E-state index contributed by atoms with van der Waals surface area (Å²) in [7, 11) is 0. The summed E-state index contributed by atoms with van der Waals surface area (Å²) < 4.78 is 0. The molecule has 2 unspecified atom stereocenters. The smallest absolute Gasteiger partial charge is 0.223 e. The first-order chi connectivity index (χ1) is 9.24. The quantitative estimate of drug-likeness (QED) is 0.700. The van der Waals surface area contributed by atoms with Gasteiger partial charge in [-0.25, -0.2) is 0 Å². The second-order valence-electron chi connectivity index (χ2n) is 6.00. The summed E-state index contributed by atoms with van der Waals surface area (Å²) in [4.78, 5) is 14.6. The molecule has 0 aliphatic carbocycles. The van der Waals surface area contributed by atoms with Crippen LogP contribution in [0.25, 0.3) is 0 Å². The first-order valence-electron chi connectivity index (χ1n) is 7.43. The van der Waals surface area contributed by atoms with E-state index in [2.05, 4.69) is 21.0 Å². The van der Waals surface area contributed by atoms with E-state index in [9.17, 15) is 4.79 Å². The average molecular weight is 259 g/mol. The number of amides is 1. The van der Waals surface area contributed by atoms with Crippen LogP contribution in [0, 0.1) is 12.3 Å². The normalized spacial score (nSPS) is 30.2. The van der Waals surface area contributed by atoms with Gasteiger partial charge in [0.15, 0.2) is 5.66 Å². The lowest BCUT2D eigenvalue weighted by atomic mass is 9.99. The molecule has 3 aliphatic rings. The molecule has 0 aromatic heterocycles. The van der Waals surface area contributed by atoms with Crippen LogP contribution >= 0.6 is 0 Å². The topological polar surface area (TPSA) is 45.0 Å². The molecular formula is C15H21N3O. The molecule has 102 valence electrons. The van der Waals surface area contributed by atoms with Gasteiger partial charge in [0.1, 0.15) is 0 Å². The molecule has 0 aromatic carbocycles. The predicted molar refractivity (Wildman–Crippen MR) is 72.4 cm³/mol. The predicted octanol–water partition coefficient (Wildman–Crippen LogP) is 2.89. The SMILES string of the molecule is C#CCCC1(CCC(=O)N2C3CCCC2CC3)N=N1. The molecular weight excluding hydrogens is 238 g/mol. The molecule has 0 aromatic rings. The Hall–Kier alpha value is -1.37. The summed E-state index contributed by atoms with van der Waals surface area (Å²) in [5.41, 5.74) is -0.309. The number of nitrogens with zero attached hydrogens (tertiary/aromatic N) is 3. The van der Waals surface area contributed by atoms with Crippen molar-refractivity contribution in [2.75, 3.05) is 0 Å². The molecule has 4 nitrogen and oxygen atoms in total. The molecule has 1 amide bonds. The lowest BCUT2D eigenvalue weighted by molar-refractivity contribution is -0.135. The number of hydrogen-bond acceptors (Lipinski definition) is 3. The highest BCUT2D eigenvalue weighted by atomic mass is 16.2. The molecule has 4 heteroatoms. The highest BCUT2D eigenvalue weighted by Gasteiger charge is 2.42. The van der Waals surface area contributed by atoms with Crippen LogP contribution in [0.5, 0.6) is 0 Å². The van der Waals surface area contributed by atoms with Gasteiger partial charge in [-0.15, -0.1) is 12.3 Å². The molecule has 0 N–H and O–H groups in total. The lowest BCUT2D eigenvalue weighted by Crippen LogP contribution is -2.44. The third-order valence-corrected chi connectivity index (χ3v) is 4.77. The highest BCUT2D eigenvalue weighted by molar-refractivity contribution is 5.77. The Balaban J connectivity index is 1.51. The Labute approximate surface area is 114 Å². The molecule has 0 saturated carbocycles. The fourth-order valence-electron chi connectivity index (χ4n) is 3.63. The lowest BCUT2D eigenvalue weighted by Gasteiger charge is -2.35. The minimum atomic E-state index is -0.309. The Bertz CT molecular complexity index is 415. The van der Waals surface area contributed by atoms with Crippen molar-refractivity contribution in [3.05, 3.63) is 0 Å². The molecule has 2 bridgehead atoms. The molecule has 2 saturated heterocycles. The van der Waals surface area contributed by atoms with E-state index in [1.807, 2.05) is 0 Å². The number of piperidine rings is 1. The van der Waals surface area contributed by atoms with Gasteiger partial charge in [-0.05, 0) is 32.1 Å². The highest BCUT2D eigenvalue weighted by Crippen LogP contribution is 2.40. The molecule has 0 spiro atoms. The summed E-state index contributed by atoms with van der Waals surface area (Å²) in [6, 6.07) is 1.03. The number of carbonyl (C=O) groups is 1. The molecule has 2 fully saturated rings. The van der Waals surface area contributed by atoms with E-state index in [0.717, 1.165) is 12.8 Å². The van der Waals surface area contributed by atoms with Crippen LogP contribution in [0.1, 0.15) is 57.8 Å². The Morgan fingerprint density at radius 3 is 2.47 bits per heavy atom. The molecule has 3 aliphatic heterocycles. The van der Waals surface area contributed by atoms with E-state index in [0.29, 0.717) is 30.8 Å². The first-order valence-corrected chi connectivity index (χ1v) is 7.43. The maximum absolute atomic E-state index is 12.4. The van der Waals surface area contributed by atoms with Gasteiger partial charge in [-0.1, -0.05) is 0 Å². The Morgan fingerprint density at radius 2 is 1.89 bits per heavy atom. The van der Waals surface area contributed by atoms with Crippen LogP contribution in [-0.4, -0.2) is 28.6 Å². The van der Waals surface area contributed by atoms with E-state index < -0.39 is 0 Å². The van der Waals surface area contributed by atoms with Gasteiger partial charge in [-0.3, -0.25) is 4.79 Å². The number of fused-ring (bicyclic) bond motifs is 2. The second kappa shape index (κ2) is 4.96. The summed E-state index contributed by atoms with van der Waals surface area (Å²) in [5.74, 6) is 2.93. The summed E-state index contributed by atoms with van der Waals surface area (Å²) in [6.45, 7) is 0. The van der Waals surface area contributed by atoms with Gasteiger partial charge in [0, 0.05) is 37.8 Å². The minimum Gasteiger partial charge on any atom is -0.337 e. The van der Waals surface area contributed by atoms with Crippen LogP contribution < -0.4 is 0 Å². The zero-order chi connectivity index (χ0) is 13.3. The van der Waals surface area contributed by atoms with Gasteiger partial charge in [0.2, 0.25) is 5.91 Å². The van der Waals surface area contributed by atoms with Crippen LogP contribution in [0.3, 0.4) is 0 Å². The fraction of sp³-hybridized carbons (Fsp3) is 0.800. The van der Waals surface area contributed by atoms with Crippen LogP contribution in [0.2, 0.25) is 0 Å². The maximum Gasteiger partial charge on any atom is 0.223 e. The largest absolute Gasteiger partial charge is 0.337 e. The van der Waals surface area contributed by atoms with Crippen molar-refractivity contribution < 1.29 is 4.79 Å². The summed E-state index contributed by atoms with van der Waals surface area (Å²) in [6.07, 6.45) is 14.2. The van der Waals surface area contributed by atoms with Crippen molar-refractivity contribution in [3.8, 4) is 12.3 Å². The van der Waals surface area contributed by atoms with Crippen molar-refractivity contribution in [2.24, 2.45) is 10.2 Å². The third-order valence-electron chi connectivity index (χ3n) is 4.77. The number of hydrogen-bond donors (Lipinski definition) is 0. The zero-order valence-electron chi connectivity index (χ0n) is 11.3. The van der Waals surface area contributed by atoms with Crippen molar-refractivity contribution >= 4 is 5.91 Å². The van der Waals surface area contributed by atoms with Crippen molar-refractivity contribution in [2.45, 2.75) is 75.5 Å². The molecule has 0 radical (unpaired) electrons. The van der Waals surface area contributed by atoms with Crippen molar-refractivity contribution in [1.29, 1.82) is 0 Å². The van der Waals surface area contributed by atoms with Gasteiger partial charge < -0.3 is 4.90 Å². The van der Waals surface area contributed by atoms with Gasteiger partial charge in [-0.2, -0.15) is 10.2 Å². The Kier molecular flexibility index (Phi) is 3.30. The second-order valence-corrected chi connectivity index (χ2v) is 6.00. The van der Waals surface area contributed by atoms with E-state index >= 15 is 0 Å². The fourth-order valence-corrected chi connectivity index (χ4v) is 3.63. The van der Waals surface area contributed by atoms with Crippen molar-refractivity contribution in [1.82, 2.24) is 4.90 Å².